The fraction of sp³-hybridized carbons (Fsp3) is 0.160. The van der Waals surface area contributed by atoms with E-state index in [0.29, 0.717) is 41.3 Å². The minimum Gasteiger partial charge on any atom is -0.465 e. The van der Waals surface area contributed by atoms with Gasteiger partial charge in [0.2, 0.25) is 0 Å². The van der Waals surface area contributed by atoms with Gasteiger partial charge in [-0.1, -0.05) is 12.1 Å². The number of carbonyl (C=O) groups excluding carboxylic acids is 2. The zero-order valence-corrected chi connectivity index (χ0v) is 20.9. The van der Waals surface area contributed by atoms with Crippen LogP contribution in [0.3, 0.4) is 0 Å². The number of urea groups is 1. The first-order valence-electron chi connectivity index (χ1n) is 11.9. The van der Waals surface area contributed by atoms with Crippen LogP contribution in [0.1, 0.15) is 22.3 Å². The number of benzene rings is 2. The molecule has 7 N–H and O–H groups in total. The van der Waals surface area contributed by atoms with Crippen LogP contribution in [0.5, 0.6) is 0 Å². The molecule has 214 valence electrons. The number of nitrogen functional groups attached to an aromatic ring is 1. The number of aromatic nitrogens is 3. The van der Waals surface area contributed by atoms with E-state index in [2.05, 4.69) is 31.3 Å². The van der Waals surface area contributed by atoms with Gasteiger partial charge < -0.3 is 32.1 Å². The maximum Gasteiger partial charge on any atom is 0.416 e. The zero-order valence-electron chi connectivity index (χ0n) is 20.9. The molecule has 0 spiro atoms. The SMILES string of the molecule is Nc1ncnn2cc(C(=O)NCCCNC(=O)O)c(-c3ccc(NC(=O)Nc4cc(C(F)(F)F)ccc4F)cc3)c12. The molecule has 12 nitrogen and oxygen atoms in total. The molecule has 0 atom stereocenters. The van der Waals surface area contributed by atoms with Gasteiger partial charge >= 0.3 is 18.3 Å². The monoisotopic (exact) mass is 574 g/mol. The Kier molecular flexibility index (Phi) is 8.21. The number of nitrogens with one attached hydrogen (secondary N) is 4. The maximum atomic E-state index is 14.0. The molecule has 4 amide bonds. The predicted molar refractivity (Wildman–Crippen MR) is 140 cm³/mol. The van der Waals surface area contributed by atoms with Gasteiger partial charge in [0, 0.05) is 30.5 Å². The van der Waals surface area contributed by atoms with Gasteiger partial charge in [0.25, 0.3) is 5.91 Å². The standard InChI is InChI=1S/C25H22F4N8O4/c26-17-7-4-14(25(27,28)29)10-18(17)36-23(39)35-15-5-2-13(3-6-15)19-16(11-37-20(19)21(30)33-12-34-37)22(38)31-8-1-9-32-24(40)41/h2-7,10-12,32H,1,8-9H2,(H,31,38)(H,40,41)(H2,30,33,34)(H2,35,36,39). The average molecular weight is 574 g/mol. The second-order valence-corrected chi connectivity index (χ2v) is 8.55. The number of hydrogen-bond acceptors (Lipinski definition) is 6. The Labute approximate surface area is 228 Å². The molecule has 0 radical (unpaired) electrons. The van der Waals surface area contributed by atoms with Crippen molar-refractivity contribution in [3.63, 3.8) is 0 Å². The summed E-state index contributed by atoms with van der Waals surface area (Å²) in [6.45, 7) is 0.317. The smallest absolute Gasteiger partial charge is 0.416 e. The third-order valence-corrected chi connectivity index (χ3v) is 5.74. The fourth-order valence-electron chi connectivity index (χ4n) is 3.88. The molecule has 4 aromatic rings. The topological polar surface area (TPSA) is 176 Å². The Morgan fingerprint density at radius 1 is 1.00 bits per heavy atom. The summed E-state index contributed by atoms with van der Waals surface area (Å²) in [6.07, 6.45) is -2.89. The summed E-state index contributed by atoms with van der Waals surface area (Å²) >= 11 is 0. The number of rotatable bonds is 8. The van der Waals surface area contributed by atoms with Gasteiger partial charge in [-0.2, -0.15) is 18.3 Å². The lowest BCUT2D eigenvalue weighted by Gasteiger charge is -2.12. The first kappa shape index (κ1) is 28.6. The van der Waals surface area contributed by atoms with Gasteiger partial charge in [0.15, 0.2) is 5.82 Å². The molecule has 41 heavy (non-hydrogen) atoms. The van der Waals surface area contributed by atoms with E-state index in [9.17, 15) is 31.9 Å². The number of carbonyl (C=O) groups is 3. The van der Waals surface area contributed by atoms with E-state index < -0.39 is 41.3 Å². The Bertz CT molecular complexity index is 1610. The molecule has 16 heteroatoms. The fourth-order valence-corrected chi connectivity index (χ4v) is 3.88. The van der Waals surface area contributed by atoms with Crippen molar-refractivity contribution in [2.45, 2.75) is 12.6 Å². The van der Waals surface area contributed by atoms with E-state index in [0.717, 1.165) is 0 Å². The number of carboxylic acid groups (broad SMARTS) is 1. The maximum absolute atomic E-state index is 14.0. The van der Waals surface area contributed by atoms with E-state index in [1.54, 1.807) is 12.1 Å². The third-order valence-electron chi connectivity index (χ3n) is 5.74. The molecule has 4 rings (SSSR count). The highest BCUT2D eigenvalue weighted by Crippen LogP contribution is 2.34. The molecule has 0 saturated carbocycles. The number of alkyl halides is 3. The second kappa shape index (κ2) is 11.8. The Morgan fingerprint density at radius 3 is 2.39 bits per heavy atom. The van der Waals surface area contributed by atoms with E-state index in [1.165, 1.54) is 29.2 Å². The minimum atomic E-state index is -4.72. The van der Waals surface area contributed by atoms with E-state index in [1.807, 2.05) is 0 Å². The van der Waals surface area contributed by atoms with Crippen LogP contribution in [0.15, 0.2) is 55.0 Å². The molecule has 2 aromatic carbocycles. The lowest BCUT2D eigenvalue weighted by molar-refractivity contribution is -0.137. The number of fused-ring (bicyclic) bond motifs is 1. The molecule has 0 saturated heterocycles. The van der Waals surface area contributed by atoms with Gasteiger partial charge in [-0.05, 0) is 42.3 Å². The molecule has 0 aliphatic carbocycles. The Balaban J connectivity index is 1.53. The number of anilines is 3. The highest BCUT2D eigenvalue weighted by Gasteiger charge is 2.31. The first-order valence-corrected chi connectivity index (χ1v) is 11.9. The summed E-state index contributed by atoms with van der Waals surface area (Å²) in [6, 6.07) is 6.68. The number of nitrogens with two attached hydrogens (primary N) is 1. The summed E-state index contributed by atoms with van der Waals surface area (Å²) < 4.78 is 54.2. The predicted octanol–water partition coefficient (Wildman–Crippen LogP) is 4.17. The van der Waals surface area contributed by atoms with Crippen LogP contribution in [0.4, 0.5) is 44.3 Å². The molecule has 2 aromatic heterocycles. The highest BCUT2D eigenvalue weighted by molar-refractivity contribution is 6.07. The molecule has 2 heterocycles. The minimum absolute atomic E-state index is 0.0874. The molecule has 0 aliphatic heterocycles. The van der Waals surface area contributed by atoms with Crippen LogP contribution in [0.25, 0.3) is 16.6 Å². The van der Waals surface area contributed by atoms with Crippen molar-refractivity contribution in [2.24, 2.45) is 0 Å². The largest absolute Gasteiger partial charge is 0.465 e. The lowest BCUT2D eigenvalue weighted by Crippen LogP contribution is -2.29. The normalized spacial score (nSPS) is 11.2. The Hall–Kier alpha value is -5.41. The summed E-state index contributed by atoms with van der Waals surface area (Å²) in [7, 11) is 0. The molecule has 0 aliphatic rings. The number of hydrogen-bond donors (Lipinski definition) is 6. The van der Waals surface area contributed by atoms with Crippen molar-refractivity contribution >= 4 is 40.7 Å². The highest BCUT2D eigenvalue weighted by atomic mass is 19.4. The van der Waals surface area contributed by atoms with Crippen molar-refractivity contribution < 1.29 is 37.1 Å². The average Bonchev–Trinajstić information content (AvgIpc) is 3.30. The molecular weight excluding hydrogens is 552 g/mol. The summed E-state index contributed by atoms with van der Waals surface area (Å²) in [4.78, 5) is 39.9. The van der Waals surface area contributed by atoms with Gasteiger partial charge in [-0.25, -0.2) is 23.5 Å². The van der Waals surface area contributed by atoms with Gasteiger partial charge in [0.05, 0.1) is 16.8 Å². The first-order chi connectivity index (χ1) is 19.4. The van der Waals surface area contributed by atoms with Crippen molar-refractivity contribution in [1.82, 2.24) is 25.2 Å². The van der Waals surface area contributed by atoms with E-state index in [-0.39, 0.29) is 30.2 Å². The quantitative estimate of drug-likeness (QED) is 0.135. The van der Waals surface area contributed by atoms with Crippen molar-refractivity contribution in [3.05, 3.63) is 71.9 Å². The van der Waals surface area contributed by atoms with Crippen LogP contribution in [-0.4, -0.2) is 50.8 Å². The third kappa shape index (κ3) is 6.78. The number of nitrogens with zero attached hydrogens (tertiary/aromatic N) is 3. The van der Waals surface area contributed by atoms with Gasteiger partial charge in [-0.3, -0.25) is 4.79 Å². The number of halogens is 4. The van der Waals surface area contributed by atoms with Crippen molar-refractivity contribution in [3.8, 4) is 11.1 Å². The van der Waals surface area contributed by atoms with Gasteiger partial charge in [-0.15, -0.1) is 0 Å². The van der Waals surface area contributed by atoms with E-state index >= 15 is 0 Å². The summed E-state index contributed by atoms with van der Waals surface area (Å²) in [5, 5.41) is 22.1. The van der Waals surface area contributed by atoms with Gasteiger partial charge in [0.1, 0.15) is 17.7 Å². The second-order valence-electron chi connectivity index (χ2n) is 8.55. The van der Waals surface area contributed by atoms with Crippen LogP contribution in [0, 0.1) is 5.82 Å². The van der Waals surface area contributed by atoms with Crippen LogP contribution >= 0.6 is 0 Å². The summed E-state index contributed by atoms with van der Waals surface area (Å²) in [5.41, 5.74) is 5.89. The van der Waals surface area contributed by atoms with Crippen LogP contribution in [-0.2, 0) is 6.18 Å². The number of amides is 4. The van der Waals surface area contributed by atoms with Crippen molar-refractivity contribution in [2.75, 3.05) is 29.5 Å². The lowest BCUT2D eigenvalue weighted by atomic mass is 10.0. The molecular formula is C25H22F4N8O4. The molecule has 0 unspecified atom stereocenters. The summed E-state index contributed by atoms with van der Waals surface area (Å²) in [5.74, 6) is -1.44. The Morgan fingerprint density at radius 2 is 1.71 bits per heavy atom. The molecule has 0 bridgehead atoms. The van der Waals surface area contributed by atoms with Crippen LogP contribution < -0.4 is 27.0 Å². The van der Waals surface area contributed by atoms with Crippen molar-refractivity contribution in [1.29, 1.82) is 0 Å². The van der Waals surface area contributed by atoms with E-state index in [4.69, 9.17) is 10.8 Å². The van der Waals surface area contributed by atoms with Crippen LogP contribution in [0.2, 0.25) is 0 Å². The molecule has 0 fully saturated rings. The zero-order chi connectivity index (χ0) is 29.7.